The summed E-state index contributed by atoms with van der Waals surface area (Å²) in [6, 6.07) is 8.25. The summed E-state index contributed by atoms with van der Waals surface area (Å²) in [7, 11) is 1.70. The predicted molar refractivity (Wildman–Crippen MR) is 83.3 cm³/mol. The second-order valence-corrected chi connectivity index (χ2v) is 6.29. The topological polar surface area (TPSA) is 47.3 Å². The van der Waals surface area contributed by atoms with E-state index >= 15 is 0 Å². The van der Waals surface area contributed by atoms with Gasteiger partial charge in [0.1, 0.15) is 11.5 Å². The number of aromatic nitrogens is 1. The Balaban J connectivity index is 2.22. The minimum Gasteiger partial charge on any atom is -0.496 e. The number of hydrogen-bond acceptors (Lipinski definition) is 4. The number of nitrogens with one attached hydrogen (secondary N) is 1. The number of nitrogens with zero attached hydrogens (tertiary/aromatic N) is 1. The summed E-state index contributed by atoms with van der Waals surface area (Å²) in [5, 5.41) is 3.54. The number of para-hydroxylation sites is 1. The Kier molecular flexibility index (Phi) is 4.68. The molecule has 0 aliphatic heterocycles. The maximum atomic E-state index is 5.53. The van der Waals surface area contributed by atoms with Crippen molar-refractivity contribution in [1.29, 1.82) is 0 Å². The third-order valence-electron chi connectivity index (χ3n) is 3.44. The normalized spacial score (nSPS) is 13.2. The molecule has 4 heteroatoms. The van der Waals surface area contributed by atoms with Gasteiger partial charge < -0.3 is 14.5 Å². The van der Waals surface area contributed by atoms with Crippen LogP contribution in [0.4, 0.5) is 0 Å². The van der Waals surface area contributed by atoms with E-state index in [2.05, 4.69) is 37.1 Å². The lowest BCUT2D eigenvalue weighted by Crippen LogP contribution is -2.32. The summed E-state index contributed by atoms with van der Waals surface area (Å²) in [6.45, 7) is 9.11. The maximum Gasteiger partial charge on any atom is 0.208 e. The zero-order chi connectivity index (χ0) is 15.5. The van der Waals surface area contributed by atoms with Gasteiger partial charge in [-0.2, -0.15) is 0 Å². The first-order valence-electron chi connectivity index (χ1n) is 7.19. The minimum absolute atomic E-state index is 0.0380. The van der Waals surface area contributed by atoms with Crippen molar-refractivity contribution in [3.63, 3.8) is 0 Å². The summed E-state index contributed by atoms with van der Waals surface area (Å²) in [4.78, 5) is 4.25. The fraction of sp³-hybridized carbons (Fsp3) is 0.471. The zero-order valence-corrected chi connectivity index (χ0v) is 13.4. The number of aryl methyl sites for hydroxylation is 1. The van der Waals surface area contributed by atoms with Gasteiger partial charge in [0, 0.05) is 11.6 Å². The van der Waals surface area contributed by atoms with Crippen LogP contribution in [0, 0.1) is 12.3 Å². The van der Waals surface area contributed by atoms with E-state index in [9.17, 15) is 0 Å². The SMILES string of the molecule is COc1ccccc1[C@@H](NCc1ncc(C)o1)C(C)(C)C. The Bertz CT molecular complexity index is 584. The van der Waals surface area contributed by atoms with Crippen LogP contribution in [0.3, 0.4) is 0 Å². The smallest absolute Gasteiger partial charge is 0.208 e. The highest BCUT2D eigenvalue weighted by atomic mass is 16.5. The molecule has 21 heavy (non-hydrogen) atoms. The zero-order valence-electron chi connectivity index (χ0n) is 13.4. The maximum absolute atomic E-state index is 5.53. The first-order valence-corrected chi connectivity index (χ1v) is 7.19. The molecule has 1 N–H and O–H groups in total. The van der Waals surface area contributed by atoms with E-state index in [0.29, 0.717) is 12.4 Å². The Morgan fingerprint density at radius 3 is 2.57 bits per heavy atom. The molecule has 0 radical (unpaired) electrons. The molecule has 0 saturated heterocycles. The lowest BCUT2D eigenvalue weighted by Gasteiger charge is -2.32. The summed E-state index contributed by atoms with van der Waals surface area (Å²) >= 11 is 0. The quantitative estimate of drug-likeness (QED) is 0.907. The number of methoxy groups -OCH3 is 1. The molecule has 1 atom stereocenters. The fourth-order valence-corrected chi connectivity index (χ4v) is 2.46. The fourth-order valence-electron chi connectivity index (χ4n) is 2.46. The van der Waals surface area contributed by atoms with Gasteiger partial charge in [-0.05, 0) is 18.4 Å². The van der Waals surface area contributed by atoms with Gasteiger partial charge >= 0.3 is 0 Å². The number of benzene rings is 1. The molecule has 0 amide bonds. The monoisotopic (exact) mass is 288 g/mol. The second kappa shape index (κ2) is 6.31. The van der Waals surface area contributed by atoms with Crippen LogP contribution in [-0.2, 0) is 6.54 Å². The second-order valence-electron chi connectivity index (χ2n) is 6.29. The molecular formula is C17H24N2O2. The average Bonchev–Trinajstić information content (AvgIpc) is 2.84. The van der Waals surface area contributed by atoms with Crippen LogP contribution < -0.4 is 10.1 Å². The first kappa shape index (κ1) is 15.6. The van der Waals surface area contributed by atoms with Crippen molar-refractivity contribution in [3.8, 4) is 5.75 Å². The van der Waals surface area contributed by atoms with E-state index in [1.807, 2.05) is 25.1 Å². The standard InChI is InChI=1S/C17H24N2O2/c1-12-10-18-15(21-12)11-19-16(17(2,3)4)13-8-6-7-9-14(13)20-5/h6-10,16,19H,11H2,1-5H3/t16-/m1/s1. The van der Waals surface area contributed by atoms with Gasteiger partial charge in [0.2, 0.25) is 5.89 Å². The van der Waals surface area contributed by atoms with E-state index < -0.39 is 0 Å². The number of rotatable bonds is 5. The third kappa shape index (κ3) is 3.85. The van der Waals surface area contributed by atoms with Crippen LogP contribution in [0.15, 0.2) is 34.9 Å². The molecule has 0 unspecified atom stereocenters. The Morgan fingerprint density at radius 2 is 2.00 bits per heavy atom. The van der Waals surface area contributed by atoms with Gasteiger partial charge in [-0.25, -0.2) is 4.98 Å². The van der Waals surface area contributed by atoms with Crippen LogP contribution in [0.25, 0.3) is 0 Å². The molecule has 0 fully saturated rings. The van der Waals surface area contributed by atoms with Gasteiger partial charge in [-0.1, -0.05) is 39.0 Å². The number of hydrogen-bond donors (Lipinski definition) is 1. The molecule has 2 rings (SSSR count). The molecule has 4 nitrogen and oxygen atoms in total. The van der Waals surface area contributed by atoms with Gasteiger partial charge in [0.25, 0.3) is 0 Å². The molecule has 0 saturated carbocycles. The summed E-state index contributed by atoms with van der Waals surface area (Å²) in [6.07, 6.45) is 1.74. The molecule has 0 aliphatic rings. The molecular weight excluding hydrogens is 264 g/mol. The van der Waals surface area contributed by atoms with Crippen molar-refractivity contribution in [2.45, 2.75) is 40.3 Å². The van der Waals surface area contributed by atoms with E-state index in [4.69, 9.17) is 9.15 Å². The molecule has 0 aliphatic carbocycles. The van der Waals surface area contributed by atoms with Crippen molar-refractivity contribution >= 4 is 0 Å². The first-order chi connectivity index (χ1) is 9.91. The van der Waals surface area contributed by atoms with Gasteiger partial charge in [0.15, 0.2) is 0 Å². The summed E-state index contributed by atoms with van der Waals surface area (Å²) in [5.74, 6) is 2.43. The van der Waals surface area contributed by atoms with E-state index in [-0.39, 0.29) is 11.5 Å². The third-order valence-corrected chi connectivity index (χ3v) is 3.44. The number of ether oxygens (including phenoxy) is 1. The lowest BCUT2D eigenvalue weighted by atomic mass is 9.82. The summed E-state index contributed by atoms with van der Waals surface area (Å²) < 4.78 is 11.0. The van der Waals surface area contributed by atoms with Crippen molar-refractivity contribution in [3.05, 3.63) is 47.7 Å². The predicted octanol–water partition coefficient (Wildman–Crippen LogP) is 3.87. The van der Waals surface area contributed by atoms with Crippen molar-refractivity contribution in [2.75, 3.05) is 7.11 Å². The van der Waals surface area contributed by atoms with Crippen LogP contribution >= 0.6 is 0 Å². The molecule has 1 aromatic heterocycles. The van der Waals surface area contributed by atoms with Crippen molar-refractivity contribution in [2.24, 2.45) is 5.41 Å². The largest absolute Gasteiger partial charge is 0.496 e. The van der Waals surface area contributed by atoms with E-state index in [1.165, 1.54) is 0 Å². The van der Waals surface area contributed by atoms with Crippen LogP contribution in [-0.4, -0.2) is 12.1 Å². The highest BCUT2D eigenvalue weighted by molar-refractivity contribution is 5.36. The molecule has 1 aromatic carbocycles. The van der Waals surface area contributed by atoms with Crippen LogP contribution in [0.1, 0.15) is 44.0 Å². The Hall–Kier alpha value is -1.81. The lowest BCUT2D eigenvalue weighted by molar-refractivity contribution is 0.255. The van der Waals surface area contributed by atoms with Gasteiger partial charge in [-0.3, -0.25) is 0 Å². The molecule has 0 bridgehead atoms. The van der Waals surface area contributed by atoms with Crippen LogP contribution in [0.2, 0.25) is 0 Å². The van der Waals surface area contributed by atoms with E-state index in [1.54, 1.807) is 13.3 Å². The summed E-state index contributed by atoms with van der Waals surface area (Å²) in [5.41, 5.74) is 1.19. The van der Waals surface area contributed by atoms with Gasteiger partial charge in [0.05, 0.1) is 19.9 Å². The average molecular weight is 288 g/mol. The van der Waals surface area contributed by atoms with Crippen molar-refractivity contribution < 1.29 is 9.15 Å². The molecule has 114 valence electrons. The minimum atomic E-state index is 0.0380. The van der Waals surface area contributed by atoms with Crippen LogP contribution in [0.5, 0.6) is 5.75 Å². The van der Waals surface area contributed by atoms with Gasteiger partial charge in [-0.15, -0.1) is 0 Å². The van der Waals surface area contributed by atoms with E-state index in [0.717, 1.165) is 17.1 Å². The molecule has 1 heterocycles. The molecule has 0 spiro atoms. The molecule has 2 aromatic rings. The highest BCUT2D eigenvalue weighted by Gasteiger charge is 2.28. The Labute approximate surface area is 126 Å². The highest BCUT2D eigenvalue weighted by Crippen LogP contribution is 2.37. The number of oxazole rings is 1. The van der Waals surface area contributed by atoms with Crippen molar-refractivity contribution in [1.82, 2.24) is 10.3 Å². The Morgan fingerprint density at radius 1 is 1.29 bits per heavy atom.